The van der Waals surface area contributed by atoms with Crippen LogP contribution in [0.25, 0.3) is 0 Å². The molecule has 234 valence electrons. The smallest absolute Gasteiger partial charge is 0.407 e. The van der Waals surface area contributed by atoms with Crippen molar-refractivity contribution in [3.8, 4) is 0 Å². The van der Waals surface area contributed by atoms with Crippen molar-refractivity contribution < 1.29 is 41.8 Å². The van der Waals surface area contributed by atoms with Crippen molar-refractivity contribution in [2.24, 2.45) is 5.73 Å². The molecule has 0 aliphatic carbocycles. The molecule has 4 atom stereocenters. The number of nitrogens with one attached hydrogen (secondary N) is 2. The van der Waals surface area contributed by atoms with Crippen molar-refractivity contribution in [1.82, 2.24) is 10.6 Å². The van der Waals surface area contributed by atoms with Gasteiger partial charge in [-0.1, -0.05) is 36.4 Å². The average Bonchev–Trinajstić information content (AvgIpc) is 3.00. The molecule has 0 unspecified atom stereocenters. The molecule has 44 heavy (non-hydrogen) atoms. The number of carbonyl (C=O) groups is 3. The second kappa shape index (κ2) is 15.3. The number of amides is 2. The summed E-state index contributed by atoms with van der Waals surface area (Å²) in [5.74, 6) is -2.97. The van der Waals surface area contributed by atoms with E-state index in [0.717, 1.165) is 7.11 Å². The van der Waals surface area contributed by atoms with Gasteiger partial charge in [-0.3, -0.25) is 4.79 Å². The van der Waals surface area contributed by atoms with Crippen LogP contribution < -0.4 is 16.4 Å². The number of ether oxygens (including phenoxy) is 3. The highest BCUT2D eigenvalue weighted by molar-refractivity contribution is 5.91. The highest BCUT2D eigenvalue weighted by Gasteiger charge is 2.33. The summed E-state index contributed by atoms with van der Waals surface area (Å²) in [6.45, 7) is 0.775. The van der Waals surface area contributed by atoms with Crippen molar-refractivity contribution in [3.05, 3.63) is 106 Å². The Morgan fingerprint density at radius 3 is 2.43 bits per heavy atom. The van der Waals surface area contributed by atoms with Crippen LogP contribution in [0.3, 0.4) is 0 Å². The van der Waals surface area contributed by atoms with E-state index in [2.05, 4.69) is 10.6 Å². The summed E-state index contributed by atoms with van der Waals surface area (Å²) in [6.07, 6.45) is -1.60. The highest BCUT2D eigenvalue weighted by atomic mass is 19.1. The number of benzene rings is 3. The van der Waals surface area contributed by atoms with Gasteiger partial charge in [-0.2, -0.15) is 0 Å². The number of hydrogen-bond acceptors (Lipinski definition) is 7. The molecule has 1 fully saturated rings. The van der Waals surface area contributed by atoms with Crippen molar-refractivity contribution in [2.45, 2.75) is 43.4 Å². The van der Waals surface area contributed by atoms with E-state index in [1.807, 2.05) is 0 Å². The van der Waals surface area contributed by atoms with E-state index in [0.29, 0.717) is 35.2 Å². The fourth-order valence-corrected chi connectivity index (χ4v) is 5.28. The van der Waals surface area contributed by atoms with E-state index in [9.17, 15) is 23.2 Å². The molecule has 3 aromatic rings. The predicted octanol–water partition coefficient (Wildman–Crippen LogP) is 4.16. The molecule has 4 rings (SSSR count). The SMILES string of the molecule is COC(=O)N[C@H](C(=O)Cc1cccc(F)c1CC[C@@H]1CN[C@H](COC(N)=O)CO1)[C@@H](c1ccc(F)cc1)c1cccc(F)c1. The summed E-state index contributed by atoms with van der Waals surface area (Å²) >= 11 is 0. The third-order valence-electron chi connectivity index (χ3n) is 7.47. The topological polar surface area (TPSA) is 129 Å². The van der Waals surface area contributed by atoms with E-state index >= 15 is 4.39 Å². The van der Waals surface area contributed by atoms with Gasteiger partial charge >= 0.3 is 12.2 Å². The van der Waals surface area contributed by atoms with Crippen LogP contribution in [0.5, 0.6) is 0 Å². The first kappa shape index (κ1) is 32.5. The van der Waals surface area contributed by atoms with Gasteiger partial charge in [0.2, 0.25) is 0 Å². The summed E-state index contributed by atoms with van der Waals surface area (Å²) in [5, 5.41) is 5.77. The molecule has 1 heterocycles. The predicted molar refractivity (Wildman–Crippen MR) is 154 cm³/mol. The Kier molecular flexibility index (Phi) is 11.3. The Hall–Kier alpha value is -4.42. The summed E-state index contributed by atoms with van der Waals surface area (Å²) < 4.78 is 58.7. The van der Waals surface area contributed by atoms with Crippen LogP contribution in [-0.2, 0) is 31.8 Å². The zero-order valence-corrected chi connectivity index (χ0v) is 24.1. The summed E-state index contributed by atoms with van der Waals surface area (Å²) in [6, 6.07) is 13.9. The van der Waals surface area contributed by atoms with Crippen LogP contribution in [0.15, 0.2) is 66.7 Å². The maximum absolute atomic E-state index is 15.1. The molecule has 9 nitrogen and oxygen atoms in total. The van der Waals surface area contributed by atoms with Gasteiger partial charge in [0.25, 0.3) is 0 Å². The number of primary amides is 1. The second-order valence-electron chi connectivity index (χ2n) is 10.4. The maximum atomic E-state index is 15.1. The van der Waals surface area contributed by atoms with E-state index in [1.165, 1.54) is 54.6 Å². The van der Waals surface area contributed by atoms with Crippen molar-refractivity contribution in [3.63, 3.8) is 0 Å². The first-order valence-corrected chi connectivity index (χ1v) is 14.1. The molecule has 12 heteroatoms. The van der Waals surface area contributed by atoms with Crippen molar-refractivity contribution in [1.29, 1.82) is 0 Å². The van der Waals surface area contributed by atoms with Crippen LogP contribution in [0.4, 0.5) is 22.8 Å². The molecular weight excluding hydrogens is 579 g/mol. The number of Topliss-reactive ketones (excluding diaryl/α,β-unsaturated/α-hetero) is 1. The Bertz CT molecular complexity index is 1450. The highest BCUT2D eigenvalue weighted by Crippen LogP contribution is 2.31. The minimum atomic E-state index is -1.27. The van der Waals surface area contributed by atoms with Gasteiger partial charge in [0.1, 0.15) is 30.1 Å². The molecule has 1 aliphatic rings. The Morgan fingerprint density at radius 1 is 1.02 bits per heavy atom. The Labute approximate surface area is 252 Å². The normalized spacial score (nSPS) is 17.7. The van der Waals surface area contributed by atoms with E-state index < -0.39 is 47.4 Å². The van der Waals surface area contributed by atoms with Gasteiger partial charge in [-0.15, -0.1) is 0 Å². The number of morpholine rings is 1. The lowest BCUT2D eigenvalue weighted by Crippen LogP contribution is -2.49. The second-order valence-corrected chi connectivity index (χ2v) is 10.4. The Balaban J connectivity index is 1.56. The summed E-state index contributed by atoms with van der Waals surface area (Å²) in [7, 11) is 1.14. The molecule has 3 aromatic carbocycles. The van der Waals surface area contributed by atoms with Gasteiger partial charge in [0.15, 0.2) is 5.78 Å². The van der Waals surface area contributed by atoms with Crippen LogP contribution in [-0.4, -0.2) is 63.0 Å². The quantitative estimate of drug-likeness (QED) is 0.280. The zero-order valence-electron chi connectivity index (χ0n) is 24.1. The molecule has 2 amide bonds. The first-order chi connectivity index (χ1) is 21.1. The Morgan fingerprint density at radius 2 is 1.77 bits per heavy atom. The monoisotopic (exact) mass is 613 g/mol. The average molecular weight is 614 g/mol. The molecule has 0 saturated carbocycles. The molecule has 0 radical (unpaired) electrons. The minimum absolute atomic E-state index is 0.0664. The molecule has 1 aliphatic heterocycles. The van der Waals surface area contributed by atoms with E-state index in [4.69, 9.17) is 19.9 Å². The first-order valence-electron chi connectivity index (χ1n) is 14.1. The third-order valence-corrected chi connectivity index (χ3v) is 7.47. The van der Waals surface area contributed by atoms with Gasteiger partial charge in [-0.25, -0.2) is 22.8 Å². The van der Waals surface area contributed by atoms with Gasteiger partial charge < -0.3 is 30.6 Å². The van der Waals surface area contributed by atoms with Crippen molar-refractivity contribution in [2.75, 3.05) is 26.9 Å². The van der Waals surface area contributed by atoms with Crippen LogP contribution >= 0.6 is 0 Å². The third kappa shape index (κ3) is 8.80. The minimum Gasteiger partial charge on any atom is -0.453 e. The van der Waals surface area contributed by atoms with Crippen LogP contribution in [0.1, 0.15) is 34.6 Å². The van der Waals surface area contributed by atoms with E-state index in [-0.39, 0.29) is 38.2 Å². The molecular formula is C32H34F3N3O6. The summed E-state index contributed by atoms with van der Waals surface area (Å²) in [5.41, 5.74) is 6.56. The number of alkyl carbamates (subject to hydrolysis) is 1. The number of methoxy groups -OCH3 is 1. The van der Waals surface area contributed by atoms with Gasteiger partial charge in [-0.05, 0) is 65.4 Å². The standard InChI is InChI=1S/C32H34F3N3O6/c1-42-32(41)38-30(29(19-8-10-22(33)11-9-19)21-5-2-6-23(34)14-21)28(39)15-20-4-3-7-27(35)26(20)13-12-25-16-37-24(17-43-25)18-44-31(36)40/h2-11,14,24-25,29-30,37H,12-13,15-18H2,1H3,(H2,36,40)(H,38,41)/t24-,25+,29-,30+/m0/s1. The fourth-order valence-electron chi connectivity index (χ4n) is 5.28. The molecule has 0 spiro atoms. The number of ketones is 1. The van der Waals surface area contributed by atoms with Crippen LogP contribution in [0, 0.1) is 17.5 Å². The largest absolute Gasteiger partial charge is 0.453 e. The van der Waals surface area contributed by atoms with Crippen LogP contribution in [0.2, 0.25) is 0 Å². The number of carbonyl (C=O) groups excluding carboxylic acids is 3. The lowest BCUT2D eigenvalue weighted by atomic mass is 9.81. The number of rotatable bonds is 12. The molecule has 0 aromatic heterocycles. The number of halogens is 3. The molecule has 0 bridgehead atoms. The summed E-state index contributed by atoms with van der Waals surface area (Å²) in [4.78, 5) is 37.3. The number of hydrogen-bond donors (Lipinski definition) is 3. The van der Waals surface area contributed by atoms with Gasteiger partial charge in [0, 0.05) is 18.9 Å². The van der Waals surface area contributed by atoms with Gasteiger partial charge in [0.05, 0.1) is 25.9 Å². The maximum Gasteiger partial charge on any atom is 0.407 e. The number of nitrogens with two attached hydrogens (primary N) is 1. The zero-order chi connectivity index (χ0) is 31.6. The van der Waals surface area contributed by atoms with Crippen molar-refractivity contribution >= 4 is 18.0 Å². The lowest BCUT2D eigenvalue weighted by molar-refractivity contribution is -0.120. The molecule has 4 N–H and O–H groups in total. The molecule has 1 saturated heterocycles. The lowest BCUT2D eigenvalue weighted by Gasteiger charge is -2.30. The van der Waals surface area contributed by atoms with E-state index in [1.54, 1.807) is 12.1 Å². The fraction of sp³-hybridized carbons (Fsp3) is 0.344.